The minimum atomic E-state index is 0.577. The highest BCUT2D eigenvalue weighted by atomic mass is 35.5. The summed E-state index contributed by atoms with van der Waals surface area (Å²) in [6.45, 7) is 2.72. The summed E-state index contributed by atoms with van der Waals surface area (Å²) in [6, 6.07) is 5.56. The molecule has 0 aromatic heterocycles. The van der Waals surface area contributed by atoms with Gasteiger partial charge in [0.15, 0.2) is 0 Å². The molecule has 0 aliphatic rings. The molecule has 0 amide bonds. The molecule has 0 radical (unpaired) electrons. The summed E-state index contributed by atoms with van der Waals surface area (Å²) in [6.07, 6.45) is 0.858. The van der Waals surface area contributed by atoms with Gasteiger partial charge in [-0.25, -0.2) is 0 Å². The Morgan fingerprint density at radius 2 is 2.07 bits per heavy atom. The van der Waals surface area contributed by atoms with E-state index in [4.69, 9.17) is 35.4 Å². The third-order valence-corrected chi connectivity index (χ3v) is 2.97. The van der Waals surface area contributed by atoms with Gasteiger partial charge in [0.1, 0.15) is 0 Å². The number of benzene rings is 1. The average Bonchev–Trinajstić information content (AvgIpc) is 2.19. The summed E-state index contributed by atoms with van der Waals surface area (Å²) in [7, 11) is 0. The zero-order valence-corrected chi connectivity index (χ0v) is 10.1. The minimum Gasteiger partial charge on any atom is -0.376 e. The molecular weight excluding hydrogens is 237 g/mol. The van der Waals surface area contributed by atoms with Gasteiger partial charge in [-0.05, 0) is 24.1 Å². The maximum Gasteiger partial charge on any atom is 0.0753 e. The van der Waals surface area contributed by atoms with Crippen LogP contribution < -0.4 is 5.32 Å². The van der Waals surface area contributed by atoms with Gasteiger partial charge in [0.2, 0.25) is 0 Å². The predicted octanol–water partition coefficient (Wildman–Crippen LogP) is 3.82. The molecule has 0 spiro atoms. The lowest BCUT2D eigenvalue weighted by Crippen LogP contribution is -2.19. The maximum atomic E-state index is 5.87. The number of thiocarbonyl (C=S) groups is 1. The van der Waals surface area contributed by atoms with E-state index in [0.717, 1.165) is 17.0 Å². The highest BCUT2D eigenvalue weighted by Crippen LogP contribution is 2.22. The van der Waals surface area contributed by atoms with E-state index in [2.05, 4.69) is 5.32 Å². The summed E-state index contributed by atoms with van der Waals surface area (Å²) in [4.78, 5) is 0.857. The molecule has 0 aliphatic carbocycles. The fourth-order valence-electron chi connectivity index (χ4n) is 0.975. The van der Waals surface area contributed by atoms with Crippen molar-refractivity contribution in [2.24, 2.45) is 0 Å². The molecule has 0 unspecified atom stereocenters. The lowest BCUT2D eigenvalue weighted by molar-refractivity contribution is 0.907. The molecule has 0 aliphatic heterocycles. The van der Waals surface area contributed by atoms with Crippen LogP contribution in [0.3, 0.4) is 0 Å². The van der Waals surface area contributed by atoms with Crippen LogP contribution in [0.25, 0.3) is 0 Å². The van der Waals surface area contributed by atoms with Crippen molar-refractivity contribution < 1.29 is 0 Å². The molecule has 76 valence electrons. The van der Waals surface area contributed by atoms with Crippen molar-refractivity contribution in [3.05, 3.63) is 33.8 Å². The van der Waals surface area contributed by atoms with Crippen molar-refractivity contribution in [2.75, 3.05) is 0 Å². The average molecular weight is 248 g/mol. The fraction of sp³-hybridized carbons (Fsp3) is 0.300. The van der Waals surface area contributed by atoms with Gasteiger partial charge in [-0.2, -0.15) is 0 Å². The number of rotatable bonds is 3. The summed E-state index contributed by atoms with van der Waals surface area (Å²) in [5.41, 5.74) is 1.08. The first-order valence-corrected chi connectivity index (χ1v) is 5.50. The molecule has 0 saturated carbocycles. The highest BCUT2D eigenvalue weighted by Gasteiger charge is 1.99. The molecule has 0 fully saturated rings. The first kappa shape index (κ1) is 11.8. The molecule has 1 N–H and O–H groups in total. The molecule has 1 aromatic carbocycles. The molecule has 0 saturated heterocycles. The molecular formula is C10H11Cl2NS. The second kappa shape index (κ2) is 5.54. The zero-order chi connectivity index (χ0) is 10.6. The first-order valence-electron chi connectivity index (χ1n) is 4.34. The Bertz CT molecular complexity index is 339. The quantitative estimate of drug-likeness (QED) is 0.816. The Hall–Kier alpha value is -0.310. The van der Waals surface area contributed by atoms with E-state index in [1.165, 1.54) is 0 Å². The van der Waals surface area contributed by atoms with Crippen molar-refractivity contribution in [3.63, 3.8) is 0 Å². The predicted molar refractivity (Wildman–Crippen MR) is 66.2 cm³/mol. The summed E-state index contributed by atoms with van der Waals surface area (Å²) in [5.74, 6) is 0. The van der Waals surface area contributed by atoms with Gasteiger partial charge in [-0.3, -0.25) is 0 Å². The lowest BCUT2D eigenvalue weighted by atomic mass is 10.2. The number of hydrogen-bond donors (Lipinski definition) is 1. The van der Waals surface area contributed by atoms with Crippen LogP contribution >= 0.6 is 35.4 Å². The second-order valence-electron chi connectivity index (χ2n) is 2.88. The van der Waals surface area contributed by atoms with E-state index < -0.39 is 0 Å². The SMILES string of the molecule is CCC(=S)NCc1ccc(Cl)c(Cl)c1. The van der Waals surface area contributed by atoms with Crippen LogP contribution in [0.4, 0.5) is 0 Å². The number of hydrogen-bond acceptors (Lipinski definition) is 1. The topological polar surface area (TPSA) is 12.0 Å². The minimum absolute atomic E-state index is 0.577. The Kier molecular flexibility index (Phi) is 4.66. The molecule has 4 heteroatoms. The van der Waals surface area contributed by atoms with Crippen molar-refractivity contribution in [1.82, 2.24) is 5.32 Å². The molecule has 0 heterocycles. The van der Waals surface area contributed by atoms with Gasteiger partial charge in [0, 0.05) is 6.54 Å². The van der Waals surface area contributed by atoms with Crippen molar-refractivity contribution in [2.45, 2.75) is 19.9 Å². The third-order valence-electron chi connectivity index (χ3n) is 1.79. The van der Waals surface area contributed by atoms with Crippen LogP contribution in [-0.2, 0) is 6.54 Å². The van der Waals surface area contributed by atoms with Gasteiger partial charge in [-0.1, -0.05) is 48.4 Å². The van der Waals surface area contributed by atoms with Crippen molar-refractivity contribution in [3.8, 4) is 0 Å². The zero-order valence-electron chi connectivity index (χ0n) is 7.81. The molecule has 1 rings (SSSR count). The summed E-state index contributed by atoms with van der Waals surface area (Å²) >= 11 is 16.7. The maximum absolute atomic E-state index is 5.87. The number of nitrogens with one attached hydrogen (secondary N) is 1. The Morgan fingerprint density at radius 1 is 1.36 bits per heavy atom. The standard InChI is InChI=1S/C10H11Cl2NS/c1-2-10(14)13-6-7-3-4-8(11)9(12)5-7/h3-5H,2,6H2,1H3,(H,13,14). The van der Waals surface area contributed by atoms with E-state index >= 15 is 0 Å². The molecule has 1 nitrogen and oxygen atoms in total. The van der Waals surface area contributed by atoms with Gasteiger partial charge < -0.3 is 5.32 Å². The van der Waals surface area contributed by atoms with Crippen LogP contribution in [0.15, 0.2) is 18.2 Å². The molecule has 14 heavy (non-hydrogen) atoms. The van der Waals surface area contributed by atoms with Crippen LogP contribution in [0, 0.1) is 0 Å². The van der Waals surface area contributed by atoms with Gasteiger partial charge >= 0.3 is 0 Å². The molecule has 0 atom stereocenters. The summed E-state index contributed by atoms with van der Waals surface area (Å²) < 4.78 is 0. The van der Waals surface area contributed by atoms with E-state index in [-0.39, 0.29) is 0 Å². The smallest absolute Gasteiger partial charge is 0.0753 e. The number of halogens is 2. The third kappa shape index (κ3) is 3.45. The Balaban J connectivity index is 2.60. The van der Waals surface area contributed by atoms with Crippen molar-refractivity contribution in [1.29, 1.82) is 0 Å². The normalized spacial score (nSPS) is 9.93. The van der Waals surface area contributed by atoms with E-state index in [0.29, 0.717) is 16.6 Å². The molecule has 0 bridgehead atoms. The Morgan fingerprint density at radius 3 is 2.64 bits per heavy atom. The van der Waals surface area contributed by atoms with Gasteiger partial charge in [0.25, 0.3) is 0 Å². The van der Waals surface area contributed by atoms with E-state index in [1.54, 1.807) is 6.07 Å². The van der Waals surface area contributed by atoms with Crippen LogP contribution in [0.2, 0.25) is 10.0 Å². The fourth-order valence-corrected chi connectivity index (χ4v) is 1.37. The monoisotopic (exact) mass is 247 g/mol. The Labute approximate surface area is 99.4 Å². The molecule has 1 aromatic rings. The van der Waals surface area contributed by atoms with Gasteiger partial charge in [0.05, 0.1) is 15.0 Å². The van der Waals surface area contributed by atoms with Crippen molar-refractivity contribution >= 4 is 40.4 Å². The lowest BCUT2D eigenvalue weighted by Gasteiger charge is -2.06. The van der Waals surface area contributed by atoms with Crippen LogP contribution in [0.5, 0.6) is 0 Å². The summed E-state index contributed by atoms with van der Waals surface area (Å²) in [5, 5.41) is 4.28. The highest BCUT2D eigenvalue weighted by molar-refractivity contribution is 7.80. The largest absolute Gasteiger partial charge is 0.376 e. The first-order chi connectivity index (χ1) is 6.63. The van der Waals surface area contributed by atoms with E-state index in [9.17, 15) is 0 Å². The van der Waals surface area contributed by atoms with Crippen LogP contribution in [0.1, 0.15) is 18.9 Å². The second-order valence-corrected chi connectivity index (χ2v) is 4.19. The van der Waals surface area contributed by atoms with Crippen LogP contribution in [-0.4, -0.2) is 4.99 Å². The van der Waals surface area contributed by atoms with Gasteiger partial charge in [-0.15, -0.1) is 0 Å². The van der Waals surface area contributed by atoms with E-state index in [1.807, 2.05) is 19.1 Å².